The van der Waals surface area contributed by atoms with E-state index in [2.05, 4.69) is 31.5 Å². The van der Waals surface area contributed by atoms with Crippen LogP contribution in [0.2, 0.25) is 0 Å². The lowest BCUT2D eigenvalue weighted by Gasteiger charge is -2.19. The Kier molecular flexibility index (Phi) is 8.60. The Morgan fingerprint density at radius 2 is 2.12 bits per heavy atom. The second kappa shape index (κ2) is 10.2. The molecule has 1 aliphatic heterocycles. The first-order valence-electron chi connectivity index (χ1n) is 7.89. The van der Waals surface area contributed by atoms with Crippen molar-refractivity contribution in [3.8, 4) is 5.69 Å². The molecular formula is C15H23Cl2N7O. The molecule has 0 bridgehead atoms. The number of amides is 1. The summed E-state index contributed by atoms with van der Waals surface area (Å²) in [5.74, 6) is 0.437. The number of aromatic nitrogens is 4. The summed E-state index contributed by atoms with van der Waals surface area (Å²) in [4.78, 5) is 12.4. The minimum absolute atomic E-state index is 0. The van der Waals surface area contributed by atoms with Gasteiger partial charge in [-0.2, -0.15) is 4.68 Å². The van der Waals surface area contributed by atoms with Gasteiger partial charge in [0.1, 0.15) is 6.04 Å². The highest BCUT2D eigenvalue weighted by Crippen LogP contribution is 2.12. The minimum atomic E-state index is -0.371. The van der Waals surface area contributed by atoms with Gasteiger partial charge in [-0.25, -0.2) is 0 Å². The molecule has 1 aromatic carbocycles. The Morgan fingerprint density at radius 1 is 1.36 bits per heavy atom. The van der Waals surface area contributed by atoms with Crippen molar-refractivity contribution in [2.75, 3.05) is 18.4 Å². The van der Waals surface area contributed by atoms with E-state index in [9.17, 15) is 4.79 Å². The molecule has 1 fully saturated rings. The maximum absolute atomic E-state index is 12.4. The van der Waals surface area contributed by atoms with Gasteiger partial charge in [0.15, 0.2) is 0 Å². The number of benzene rings is 1. The molecule has 2 aromatic rings. The summed E-state index contributed by atoms with van der Waals surface area (Å²) in [6.45, 7) is 3.73. The van der Waals surface area contributed by atoms with Crippen LogP contribution >= 0.6 is 24.8 Å². The Morgan fingerprint density at radius 3 is 2.76 bits per heavy atom. The van der Waals surface area contributed by atoms with Crippen molar-refractivity contribution in [3.05, 3.63) is 30.3 Å². The average molecular weight is 388 g/mol. The van der Waals surface area contributed by atoms with Crippen molar-refractivity contribution in [2.45, 2.75) is 31.8 Å². The van der Waals surface area contributed by atoms with E-state index in [1.165, 1.54) is 0 Å². The van der Waals surface area contributed by atoms with Gasteiger partial charge in [0.2, 0.25) is 11.9 Å². The van der Waals surface area contributed by atoms with Crippen LogP contribution in [0.5, 0.6) is 0 Å². The molecule has 0 aliphatic carbocycles. The number of halogens is 2. The van der Waals surface area contributed by atoms with E-state index in [4.69, 9.17) is 0 Å². The van der Waals surface area contributed by atoms with Crippen LogP contribution in [0.25, 0.3) is 5.69 Å². The number of para-hydroxylation sites is 1. The van der Waals surface area contributed by atoms with Gasteiger partial charge in [0, 0.05) is 12.6 Å². The standard InChI is InChI=1S/C15H21N7O.2ClH/c1-2-13(14(23)17-11-8-9-16-10-11)18-15-19-20-21-22(15)12-6-4-3-5-7-12;;/h3-7,11,13,16H,2,8-10H2,1H3,(H,17,23)(H,18,19,21);2*1H. The predicted octanol–water partition coefficient (Wildman–Crippen LogP) is 1.17. The Labute approximate surface area is 159 Å². The second-order valence-electron chi connectivity index (χ2n) is 5.55. The van der Waals surface area contributed by atoms with E-state index < -0.39 is 0 Å². The number of hydrogen-bond donors (Lipinski definition) is 3. The first kappa shape index (κ1) is 21.1. The summed E-state index contributed by atoms with van der Waals surface area (Å²) in [7, 11) is 0. The lowest BCUT2D eigenvalue weighted by atomic mass is 10.2. The van der Waals surface area contributed by atoms with Crippen molar-refractivity contribution in [3.63, 3.8) is 0 Å². The van der Waals surface area contributed by atoms with Crippen LogP contribution in [0.4, 0.5) is 5.95 Å². The zero-order valence-corrected chi connectivity index (χ0v) is 15.5. The number of anilines is 1. The summed E-state index contributed by atoms with van der Waals surface area (Å²) >= 11 is 0. The molecule has 1 saturated heterocycles. The molecule has 0 saturated carbocycles. The van der Waals surface area contributed by atoms with Crippen LogP contribution in [0.3, 0.4) is 0 Å². The summed E-state index contributed by atoms with van der Waals surface area (Å²) in [6, 6.07) is 9.40. The van der Waals surface area contributed by atoms with Crippen molar-refractivity contribution in [1.82, 2.24) is 30.8 Å². The highest BCUT2D eigenvalue weighted by Gasteiger charge is 2.23. The molecule has 2 heterocycles. The number of carbonyl (C=O) groups excluding carboxylic acids is 1. The van der Waals surface area contributed by atoms with Gasteiger partial charge in [0.05, 0.1) is 5.69 Å². The molecule has 10 heteroatoms. The van der Waals surface area contributed by atoms with Crippen molar-refractivity contribution >= 4 is 36.7 Å². The largest absolute Gasteiger partial charge is 0.350 e. The van der Waals surface area contributed by atoms with Crippen molar-refractivity contribution < 1.29 is 4.79 Å². The van der Waals surface area contributed by atoms with Gasteiger partial charge >= 0.3 is 0 Å². The second-order valence-corrected chi connectivity index (χ2v) is 5.55. The Bertz CT molecular complexity index is 646. The number of carbonyl (C=O) groups is 1. The highest BCUT2D eigenvalue weighted by molar-refractivity contribution is 5.85. The van der Waals surface area contributed by atoms with E-state index in [0.717, 1.165) is 25.2 Å². The number of nitrogens with one attached hydrogen (secondary N) is 3. The molecule has 1 aromatic heterocycles. The maximum Gasteiger partial charge on any atom is 0.248 e. The van der Waals surface area contributed by atoms with Crippen molar-refractivity contribution in [1.29, 1.82) is 0 Å². The first-order chi connectivity index (χ1) is 11.3. The predicted molar refractivity (Wildman–Crippen MR) is 101 cm³/mol. The summed E-state index contributed by atoms with van der Waals surface area (Å²) in [6.07, 6.45) is 1.61. The molecule has 1 aliphatic rings. The summed E-state index contributed by atoms with van der Waals surface area (Å²) in [5.41, 5.74) is 0.843. The fourth-order valence-corrected chi connectivity index (χ4v) is 2.61. The fraction of sp³-hybridized carbons (Fsp3) is 0.467. The topological polar surface area (TPSA) is 96.8 Å². The third kappa shape index (κ3) is 5.29. The lowest BCUT2D eigenvalue weighted by Crippen LogP contribution is -2.45. The summed E-state index contributed by atoms with van der Waals surface area (Å²) in [5, 5.41) is 21.1. The Hall–Kier alpha value is -1.90. The molecule has 8 nitrogen and oxygen atoms in total. The Balaban J connectivity index is 0.00000156. The average Bonchev–Trinajstić information content (AvgIpc) is 3.24. The van der Waals surface area contributed by atoms with Crippen LogP contribution in [0.1, 0.15) is 19.8 Å². The third-order valence-corrected chi connectivity index (χ3v) is 3.91. The van der Waals surface area contributed by atoms with Crippen LogP contribution < -0.4 is 16.0 Å². The normalized spacial score (nSPS) is 17.1. The fourth-order valence-electron chi connectivity index (χ4n) is 2.61. The van der Waals surface area contributed by atoms with Gasteiger partial charge < -0.3 is 16.0 Å². The van der Waals surface area contributed by atoms with Crippen LogP contribution in [0, 0.1) is 0 Å². The van der Waals surface area contributed by atoms with E-state index in [1.54, 1.807) is 4.68 Å². The van der Waals surface area contributed by atoms with Crippen LogP contribution in [-0.4, -0.2) is 51.3 Å². The molecule has 3 rings (SSSR count). The van der Waals surface area contributed by atoms with Gasteiger partial charge in [-0.3, -0.25) is 4.79 Å². The maximum atomic E-state index is 12.4. The van der Waals surface area contributed by atoms with Crippen LogP contribution in [0.15, 0.2) is 30.3 Å². The molecule has 3 N–H and O–H groups in total. The molecule has 25 heavy (non-hydrogen) atoms. The third-order valence-electron chi connectivity index (χ3n) is 3.91. The molecule has 0 radical (unpaired) electrons. The van der Waals surface area contributed by atoms with E-state index in [0.29, 0.717) is 12.4 Å². The van der Waals surface area contributed by atoms with Crippen molar-refractivity contribution in [2.24, 2.45) is 0 Å². The highest BCUT2D eigenvalue weighted by atomic mass is 35.5. The van der Waals surface area contributed by atoms with Gasteiger partial charge in [-0.05, 0) is 41.9 Å². The van der Waals surface area contributed by atoms with Gasteiger partial charge in [-0.1, -0.05) is 30.2 Å². The SMILES string of the molecule is CCC(Nc1nnnn1-c1ccccc1)C(=O)NC1CCNC1.Cl.Cl. The lowest BCUT2D eigenvalue weighted by molar-refractivity contribution is -0.122. The van der Waals surface area contributed by atoms with E-state index in [1.807, 2.05) is 37.3 Å². The first-order valence-corrected chi connectivity index (χ1v) is 7.89. The quantitative estimate of drug-likeness (QED) is 0.688. The number of hydrogen-bond acceptors (Lipinski definition) is 6. The van der Waals surface area contributed by atoms with Gasteiger partial charge in [0.25, 0.3) is 0 Å². The molecule has 1 amide bonds. The molecular weight excluding hydrogens is 365 g/mol. The molecule has 0 spiro atoms. The number of tetrazole rings is 1. The molecule has 2 unspecified atom stereocenters. The molecule has 2 atom stereocenters. The summed E-state index contributed by atoms with van der Waals surface area (Å²) < 4.78 is 1.59. The smallest absolute Gasteiger partial charge is 0.248 e. The van der Waals surface area contributed by atoms with Gasteiger partial charge in [-0.15, -0.1) is 24.8 Å². The van der Waals surface area contributed by atoms with E-state index >= 15 is 0 Å². The number of nitrogens with zero attached hydrogens (tertiary/aromatic N) is 4. The monoisotopic (exact) mass is 387 g/mol. The van der Waals surface area contributed by atoms with E-state index in [-0.39, 0.29) is 42.8 Å². The zero-order chi connectivity index (χ0) is 16.1. The van der Waals surface area contributed by atoms with Crippen LogP contribution in [-0.2, 0) is 4.79 Å². The molecule has 138 valence electrons. The minimum Gasteiger partial charge on any atom is -0.350 e. The number of rotatable bonds is 6. The zero-order valence-electron chi connectivity index (χ0n) is 13.9.